The van der Waals surface area contributed by atoms with Crippen LogP contribution >= 0.6 is 0 Å². The fourth-order valence-electron chi connectivity index (χ4n) is 1.89. The quantitative estimate of drug-likeness (QED) is 0.682. The summed E-state index contributed by atoms with van der Waals surface area (Å²) in [7, 11) is 0. The lowest BCUT2D eigenvalue weighted by atomic mass is 9.98. The molecule has 2 N–H and O–H groups in total. The summed E-state index contributed by atoms with van der Waals surface area (Å²) < 4.78 is 0. The molecule has 1 amide bonds. The van der Waals surface area contributed by atoms with Gasteiger partial charge in [0.2, 0.25) is 5.91 Å². The molecule has 1 aliphatic carbocycles. The van der Waals surface area contributed by atoms with Gasteiger partial charge < -0.3 is 10.4 Å². The Morgan fingerprint density at radius 3 is 2.31 bits per heavy atom. The van der Waals surface area contributed by atoms with Gasteiger partial charge in [-0.25, -0.2) is 4.79 Å². The van der Waals surface area contributed by atoms with Crippen LogP contribution in [0.25, 0.3) is 0 Å². The molecule has 1 saturated carbocycles. The van der Waals surface area contributed by atoms with Crippen molar-refractivity contribution in [3.05, 3.63) is 0 Å². The van der Waals surface area contributed by atoms with Crippen LogP contribution in [0.1, 0.15) is 32.6 Å². The van der Waals surface area contributed by atoms with Gasteiger partial charge in [0.05, 0.1) is 0 Å². The predicted molar refractivity (Wildman–Crippen MR) is 47.2 cm³/mol. The first-order chi connectivity index (χ1) is 6.11. The maximum atomic E-state index is 10.8. The van der Waals surface area contributed by atoms with Crippen molar-refractivity contribution in [2.24, 2.45) is 5.92 Å². The minimum atomic E-state index is -0.915. The maximum absolute atomic E-state index is 10.8. The predicted octanol–water partition coefficient (Wildman–Crippen LogP) is 0.766. The fourth-order valence-corrected chi connectivity index (χ4v) is 1.89. The van der Waals surface area contributed by atoms with E-state index in [0.717, 1.165) is 25.7 Å². The second-order valence-electron chi connectivity index (χ2n) is 3.56. The zero-order chi connectivity index (χ0) is 9.84. The first-order valence-corrected chi connectivity index (χ1v) is 4.61. The molecule has 0 unspecified atom stereocenters. The number of amides is 1. The summed E-state index contributed by atoms with van der Waals surface area (Å²) in [5.41, 5.74) is 0. The molecular formula is C9H15NO3. The van der Waals surface area contributed by atoms with Crippen LogP contribution in [0.2, 0.25) is 0 Å². The van der Waals surface area contributed by atoms with E-state index in [1.807, 2.05) is 0 Å². The molecule has 1 atom stereocenters. The summed E-state index contributed by atoms with van der Waals surface area (Å²) in [6.07, 6.45) is 3.98. The van der Waals surface area contributed by atoms with Crippen LogP contribution in [0, 0.1) is 5.92 Å². The Balaban J connectivity index is 2.55. The van der Waals surface area contributed by atoms with Gasteiger partial charge in [-0.2, -0.15) is 0 Å². The van der Waals surface area contributed by atoms with E-state index in [0.29, 0.717) is 0 Å². The van der Waals surface area contributed by atoms with E-state index in [4.69, 9.17) is 5.11 Å². The highest BCUT2D eigenvalue weighted by Gasteiger charge is 2.30. The van der Waals surface area contributed by atoms with Crippen LogP contribution in [0.3, 0.4) is 0 Å². The topological polar surface area (TPSA) is 66.4 Å². The van der Waals surface area contributed by atoms with Gasteiger partial charge in [0.25, 0.3) is 0 Å². The van der Waals surface area contributed by atoms with Crippen molar-refractivity contribution < 1.29 is 14.7 Å². The molecule has 0 aromatic rings. The molecule has 0 aliphatic heterocycles. The van der Waals surface area contributed by atoms with Crippen molar-refractivity contribution >= 4 is 11.9 Å². The normalized spacial score (nSPS) is 19.8. The van der Waals surface area contributed by atoms with Crippen LogP contribution in [0.4, 0.5) is 0 Å². The third-order valence-corrected chi connectivity index (χ3v) is 2.50. The van der Waals surface area contributed by atoms with Gasteiger partial charge in [0.1, 0.15) is 6.04 Å². The number of nitrogens with one attached hydrogen (secondary N) is 1. The third kappa shape index (κ3) is 2.72. The van der Waals surface area contributed by atoms with Crippen LogP contribution in [-0.4, -0.2) is 23.0 Å². The summed E-state index contributed by atoms with van der Waals surface area (Å²) in [5.74, 6) is -1.05. The van der Waals surface area contributed by atoms with Gasteiger partial charge in [-0.3, -0.25) is 4.79 Å². The minimum Gasteiger partial charge on any atom is -0.480 e. The average molecular weight is 185 g/mol. The van der Waals surface area contributed by atoms with Crippen molar-refractivity contribution in [2.75, 3.05) is 0 Å². The molecule has 0 radical (unpaired) electrons. The van der Waals surface area contributed by atoms with Crippen molar-refractivity contribution in [3.8, 4) is 0 Å². The maximum Gasteiger partial charge on any atom is 0.326 e. The standard InChI is InChI=1S/C9H15NO3/c1-6(11)10-8(9(12)13)7-4-2-3-5-7/h7-8H,2-5H2,1H3,(H,10,11)(H,12,13)/t8-/m1/s1. The smallest absolute Gasteiger partial charge is 0.326 e. The lowest BCUT2D eigenvalue weighted by Crippen LogP contribution is -2.44. The fraction of sp³-hybridized carbons (Fsp3) is 0.778. The first-order valence-electron chi connectivity index (χ1n) is 4.61. The number of hydrogen-bond donors (Lipinski definition) is 2. The summed E-state index contributed by atoms with van der Waals surface area (Å²) in [6.45, 7) is 1.35. The van der Waals surface area contributed by atoms with Gasteiger partial charge >= 0.3 is 5.97 Å². The van der Waals surface area contributed by atoms with E-state index in [9.17, 15) is 9.59 Å². The second kappa shape index (κ2) is 4.25. The van der Waals surface area contributed by atoms with Crippen molar-refractivity contribution in [1.82, 2.24) is 5.32 Å². The number of rotatable bonds is 3. The number of carbonyl (C=O) groups is 2. The Morgan fingerprint density at radius 1 is 1.38 bits per heavy atom. The van der Waals surface area contributed by atoms with E-state index < -0.39 is 12.0 Å². The molecule has 4 nitrogen and oxygen atoms in total. The summed E-state index contributed by atoms with van der Waals surface area (Å²) >= 11 is 0. The number of carboxylic acids is 1. The Bertz CT molecular complexity index is 209. The van der Waals surface area contributed by atoms with Gasteiger partial charge in [-0.15, -0.1) is 0 Å². The van der Waals surface area contributed by atoms with Crippen LogP contribution < -0.4 is 5.32 Å². The third-order valence-electron chi connectivity index (χ3n) is 2.50. The number of carboxylic acid groups (broad SMARTS) is 1. The van der Waals surface area contributed by atoms with Crippen LogP contribution in [0.5, 0.6) is 0 Å². The van der Waals surface area contributed by atoms with Crippen molar-refractivity contribution in [2.45, 2.75) is 38.6 Å². The first kappa shape index (κ1) is 10.0. The average Bonchev–Trinajstić information content (AvgIpc) is 2.50. The molecule has 1 rings (SSSR count). The molecule has 0 aromatic heterocycles. The van der Waals surface area contributed by atoms with Gasteiger partial charge in [-0.1, -0.05) is 12.8 Å². The SMILES string of the molecule is CC(=O)N[C@@H](C(=O)O)C1CCCC1. The van der Waals surface area contributed by atoms with Gasteiger partial charge in [0, 0.05) is 6.92 Å². The highest BCUT2D eigenvalue weighted by Crippen LogP contribution is 2.27. The van der Waals surface area contributed by atoms with E-state index in [2.05, 4.69) is 5.32 Å². The number of aliphatic carboxylic acids is 1. The molecule has 0 heterocycles. The lowest BCUT2D eigenvalue weighted by Gasteiger charge is -2.19. The molecule has 1 aliphatic rings. The summed E-state index contributed by atoms with van der Waals surface area (Å²) in [6, 6.07) is -0.681. The minimum absolute atomic E-state index is 0.126. The highest BCUT2D eigenvalue weighted by molar-refractivity contribution is 5.82. The number of carbonyl (C=O) groups excluding carboxylic acids is 1. The monoisotopic (exact) mass is 185 g/mol. The molecule has 0 spiro atoms. The Labute approximate surface area is 77.3 Å². The molecular weight excluding hydrogens is 170 g/mol. The molecule has 4 heteroatoms. The zero-order valence-corrected chi connectivity index (χ0v) is 7.75. The lowest BCUT2D eigenvalue weighted by molar-refractivity contribution is -0.143. The van der Waals surface area contributed by atoms with E-state index in [1.54, 1.807) is 0 Å². The van der Waals surface area contributed by atoms with Crippen LogP contribution in [0.15, 0.2) is 0 Å². The van der Waals surface area contributed by atoms with Gasteiger partial charge in [-0.05, 0) is 18.8 Å². The Hall–Kier alpha value is -1.06. The van der Waals surface area contributed by atoms with E-state index in [-0.39, 0.29) is 11.8 Å². The molecule has 0 saturated heterocycles. The number of hydrogen-bond acceptors (Lipinski definition) is 2. The summed E-state index contributed by atoms with van der Waals surface area (Å²) in [4.78, 5) is 21.5. The molecule has 1 fully saturated rings. The largest absolute Gasteiger partial charge is 0.480 e. The summed E-state index contributed by atoms with van der Waals surface area (Å²) in [5, 5.41) is 11.4. The molecule has 0 aromatic carbocycles. The molecule has 74 valence electrons. The molecule has 0 bridgehead atoms. The second-order valence-corrected chi connectivity index (χ2v) is 3.56. The van der Waals surface area contributed by atoms with E-state index in [1.165, 1.54) is 6.92 Å². The van der Waals surface area contributed by atoms with Crippen molar-refractivity contribution in [1.29, 1.82) is 0 Å². The highest BCUT2D eigenvalue weighted by atomic mass is 16.4. The Morgan fingerprint density at radius 2 is 1.92 bits per heavy atom. The van der Waals surface area contributed by atoms with Crippen molar-refractivity contribution in [3.63, 3.8) is 0 Å². The Kier molecular flexibility index (Phi) is 3.28. The zero-order valence-electron chi connectivity index (χ0n) is 7.75. The van der Waals surface area contributed by atoms with Gasteiger partial charge in [0.15, 0.2) is 0 Å². The molecule has 13 heavy (non-hydrogen) atoms. The van der Waals surface area contributed by atoms with E-state index >= 15 is 0 Å². The van der Waals surface area contributed by atoms with Crippen LogP contribution in [-0.2, 0) is 9.59 Å².